The Bertz CT molecular complexity index is 1490. The molecular formula is C31H31ClN2O6S2. The SMILES string of the molecule is COc1ccc(-c2ccc(OCCN(C)C)c(/C=C3\SC(=S)N(CCCOc4ccc(C(=O)O)cc4)C3=O)c2)cc1Cl. The van der Waals surface area contributed by atoms with E-state index in [1.54, 1.807) is 24.1 Å². The fourth-order valence-electron chi connectivity index (χ4n) is 4.10. The summed E-state index contributed by atoms with van der Waals surface area (Å²) in [4.78, 5) is 28.5. The summed E-state index contributed by atoms with van der Waals surface area (Å²) in [6, 6.07) is 17.6. The van der Waals surface area contributed by atoms with Gasteiger partial charge in [0.1, 0.15) is 28.2 Å². The third-order valence-corrected chi connectivity index (χ3v) is 8.02. The zero-order valence-corrected chi connectivity index (χ0v) is 25.9. The number of benzene rings is 3. The lowest BCUT2D eigenvalue weighted by atomic mass is 10.0. The molecule has 220 valence electrons. The number of halogens is 1. The van der Waals surface area contributed by atoms with E-state index >= 15 is 0 Å². The molecule has 11 heteroatoms. The highest BCUT2D eigenvalue weighted by Crippen LogP contribution is 2.37. The first-order chi connectivity index (χ1) is 20.2. The standard InChI is InChI=1S/C31H31ClN2O6S2/c1-33(2)14-16-40-26-11-7-21(22-8-12-27(38-3)25(32)18-22)17-23(26)19-28-29(35)34(31(41)42-28)13-4-15-39-24-9-5-20(6-10-24)30(36)37/h5-12,17-19H,4,13-16H2,1-3H3,(H,36,37)/b28-19-. The fraction of sp³-hybridized carbons (Fsp3) is 0.258. The van der Waals surface area contributed by atoms with Gasteiger partial charge in [0.15, 0.2) is 0 Å². The number of aromatic carboxylic acids is 1. The van der Waals surface area contributed by atoms with Gasteiger partial charge in [-0.1, -0.05) is 47.7 Å². The fourth-order valence-corrected chi connectivity index (χ4v) is 5.65. The molecule has 3 aromatic rings. The van der Waals surface area contributed by atoms with Crippen LogP contribution < -0.4 is 14.2 Å². The summed E-state index contributed by atoms with van der Waals surface area (Å²) in [7, 11) is 5.53. The lowest BCUT2D eigenvalue weighted by Gasteiger charge is -2.15. The molecule has 0 unspecified atom stereocenters. The first kappa shape index (κ1) is 31.4. The number of carboxylic acids is 1. The van der Waals surface area contributed by atoms with Gasteiger partial charge in [0.2, 0.25) is 0 Å². The molecule has 0 aliphatic carbocycles. The maximum absolute atomic E-state index is 13.3. The number of methoxy groups -OCH3 is 1. The van der Waals surface area contributed by atoms with Crippen LogP contribution in [0.2, 0.25) is 5.02 Å². The number of amides is 1. The van der Waals surface area contributed by atoms with Crippen molar-refractivity contribution >= 4 is 57.9 Å². The highest BCUT2D eigenvalue weighted by atomic mass is 35.5. The quantitative estimate of drug-likeness (QED) is 0.133. The van der Waals surface area contributed by atoms with Crippen molar-refractivity contribution in [2.24, 2.45) is 0 Å². The van der Waals surface area contributed by atoms with E-state index in [9.17, 15) is 9.59 Å². The number of thioether (sulfide) groups is 1. The maximum atomic E-state index is 13.3. The highest BCUT2D eigenvalue weighted by Gasteiger charge is 2.32. The monoisotopic (exact) mass is 626 g/mol. The molecule has 4 rings (SSSR count). The molecule has 0 aromatic heterocycles. The van der Waals surface area contributed by atoms with Crippen LogP contribution >= 0.6 is 35.6 Å². The van der Waals surface area contributed by atoms with Gasteiger partial charge in [-0.3, -0.25) is 9.69 Å². The van der Waals surface area contributed by atoms with Crippen molar-refractivity contribution in [1.82, 2.24) is 9.80 Å². The van der Waals surface area contributed by atoms with E-state index in [0.717, 1.165) is 23.2 Å². The van der Waals surface area contributed by atoms with E-state index in [2.05, 4.69) is 0 Å². The molecular weight excluding hydrogens is 596 g/mol. The van der Waals surface area contributed by atoms with Gasteiger partial charge < -0.3 is 24.2 Å². The molecule has 1 N–H and O–H groups in total. The van der Waals surface area contributed by atoms with Crippen LogP contribution in [0.25, 0.3) is 17.2 Å². The molecule has 1 amide bonds. The summed E-state index contributed by atoms with van der Waals surface area (Å²) in [6.07, 6.45) is 2.37. The molecule has 1 heterocycles. The first-order valence-electron chi connectivity index (χ1n) is 13.1. The number of hydrogen-bond donors (Lipinski definition) is 1. The Morgan fingerprint density at radius 1 is 1.02 bits per heavy atom. The second-order valence-corrected chi connectivity index (χ2v) is 11.7. The third-order valence-electron chi connectivity index (χ3n) is 6.35. The van der Waals surface area contributed by atoms with Crippen LogP contribution in [0.1, 0.15) is 22.3 Å². The van der Waals surface area contributed by atoms with Crippen molar-refractivity contribution in [3.8, 4) is 28.4 Å². The summed E-state index contributed by atoms with van der Waals surface area (Å²) < 4.78 is 17.6. The van der Waals surface area contributed by atoms with Crippen molar-refractivity contribution in [3.63, 3.8) is 0 Å². The van der Waals surface area contributed by atoms with Crippen LogP contribution in [0.3, 0.4) is 0 Å². The Morgan fingerprint density at radius 2 is 1.71 bits per heavy atom. The van der Waals surface area contributed by atoms with Gasteiger partial charge in [-0.2, -0.15) is 0 Å². The number of nitrogens with zero attached hydrogens (tertiary/aromatic N) is 2. The molecule has 0 spiro atoms. The normalized spacial score (nSPS) is 14.1. The van der Waals surface area contributed by atoms with Crippen LogP contribution in [0, 0.1) is 0 Å². The molecule has 1 saturated heterocycles. The predicted molar refractivity (Wildman–Crippen MR) is 171 cm³/mol. The van der Waals surface area contributed by atoms with Gasteiger partial charge in [0.25, 0.3) is 5.91 Å². The van der Waals surface area contributed by atoms with Crippen molar-refractivity contribution < 1.29 is 28.9 Å². The largest absolute Gasteiger partial charge is 0.495 e. The molecule has 0 radical (unpaired) electrons. The second-order valence-electron chi connectivity index (χ2n) is 9.62. The average molecular weight is 627 g/mol. The maximum Gasteiger partial charge on any atom is 0.335 e. The Morgan fingerprint density at radius 3 is 2.36 bits per heavy atom. The lowest BCUT2D eigenvalue weighted by Crippen LogP contribution is -2.29. The predicted octanol–water partition coefficient (Wildman–Crippen LogP) is 6.32. The van der Waals surface area contributed by atoms with Crippen molar-refractivity contribution in [3.05, 3.63) is 81.7 Å². The van der Waals surface area contributed by atoms with E-state index in [1.807, 2.05) is 61.5 Å². The number of hydrogen-bond acceptors (Lipinski definition) is 8. The molecule has 42 heavy (non-hydrogen) atoms. The van der Waals surface area contributed by atoms with E-state index < -0.39 is 5.97 Å². The zero-order chi connectivity index (χ0) is 30.2. The summed E-state index contributed by atoms with van der Waals surface area (Å²) in [5, 5.41) is 9.53. The van der Waals surface area contributed by atoms with Gasteiger partial charge in [0, 0.05) is 18.7 Å². The van der Waals surface area contributed by atoms with Gasteiger partial charge in [-0.05, 0) is 86.3 Å². The van der Waals surface area contributed by atoms with Crippen LogP contribution in [0.5, 0.6) is 17.2 Å². The minimum absolute atomic E-state index is 0.173. The van der Waals surface area contributed by atoms with Crippen LogP contribution in [-0.4, -0.2) is 78.6 Å². The molecule has 1 aliphatic rings. The summed E-state index contributed by atoms with van der Waals surface area (Å²) in [6.45, 7) is 1.97. The minimum Gasteiger partial charge on any atom is -0.495 e. The van der Waals surface area contributed by atoms with Gasteiger partial charge in [-0.25, -0.2) is 4.79 Å². The van der Waals surface area contributed by atoms with Gasteiger partial charge >= 0.3 is 5.97 Å². The molecule has 0 atom stereocenters. The number of carbonyl (C=O) groups excluding carboxylic acids is 1. The van der Waals surface area contributed by atoms with Crippen molar-refractivity contribution in [1.29, 1.82) is 0 Å². The topological polar surface area (TPSA) is 88.5 Å². The Balaban J connectivity index is 1.48. The Hall–Kier alpha value is -3.57. The zero-order valence-electron chi connectivity index (χ0n) is 23.5. The molecule has 8 nitrogen and oxygen atoms in total. The molecule has 0 saturated carbocycles. The van der Waals surface area contributed by atoms with Gasteiger partial charge in [0.05, 0.1) is 29.2 Å². The number of carbonyl (C=O) groups is 2. The molecule has 3 aromatic carbocycles. The van der Waals surface area contributed by atoms with Crippen molar-refractivity contribution in [2.45, 2.75) is 6.42 Å². The Labute approximate surface area is 259 Å². The van der Waals surface area contributed by atoms with E-state index in [4.69, 9.17) is 43.1 Å². The Kier molecular flexibility index (Phi) is 10.9. The second kappa shape index (κ2) is 14.6. The van der Waals surface area contributed by atoms with Crippen LogP contribution in [0.4, 0.5) is 0 Å². The lowest BCUT2D eigenvalue weighted by molar-refractivity contribution is -0.122. The van der Waals surface area contributed by atoms with E-state index in [0.29, 0.717) is 57.7 Å². The van der Waals surface area contributed by atoms with E-state index in [-0.39, 0.29) is 11.5 Å². The van der Waals surface area contributed by atoms with E-state index in [1.165, 1.54) is 23.9 Å². The number of ether oxygens (including phenoxy) is 3. The molecule has 0 bridgehead atoms. The third kappa shape index (κ3) is 8.04. The summed E-state index contributed by atoms with van der Waals surface area (Å²) >= 11 is 13.2. The minimum atomic E-state index is -0.993. The molecule has 1 aliphatic heterocycles. The number of rotatable bonds is 13. The van der Waals surface area contributed by atoms with Crippen LogP contribution in [0.15, 0.2) is 65.6 Å². The summed E-state index contributed by atoms with van der Waals surface area (Å²) in [5.74, 6) is 0.647. The highest BCUT2D eigenvalue weighted by molar-refractivity contribution is 8.26. The summed E-state index contributed by atoms with van der Waals surface area (Å²) in [5.41, 5.74) is 2.76. The average Bonchev–Trinajstić information content (AvgIpc) is 3.23. The van der Waals surface area contributed by atoms with Crippen molar-refractivity contribution in [2.75, 3.05) is 47.5 Å². The van der Waals surface area contributed by atoms with Crippen LogP contribution in [-0.2, 0) is 4.79 Å². The van der Waals surface area contributed by atoms with Gasteiger partial charge in [-0.15, -0.1) is 0 Å². The first-order valence-corrected chi connectivity index (χ1v) is 14.7. The molecule has 1 fully saturated rings. The number of carboxylic acid groups (broad SMARTS) is 1. The smallest absolute Gasteiger partial charge is 0.335 e. The number of likely N-dealkylation sites (N-methyl/N-ethyl adjacent to an activating group) is 1. The number of thiocarbonyl (C=S) groups is 1.